The fourth-order valence-corrected chi connectivity index (χ4v) is 3.23. The van der Waals surface area contributed by atoms with Gasteiger partial charge in [-0.15, -0.1) is 0 Å². The molecule has 0 fully saturated rings. The molecular formula is C17H19NO3. The molecular weight excluding hydrogens is 266 g/mol. The average molecular weight is 285 g/mol. The van der Waals surface area contributed by atoms with Crippen LogP contribution in [0.4, 0.5) is 0 Å². The van der Waals surface area contributed by atoms with Gasteiger partial charge in [-0.2, -0.15) is 0 Å². The van der Waals surface area contributed by atoms with Crippen LogP contribution in [-0.4, -0.2) is 21.4 Å². The standard InChI is InChI=1S/C17H19NO3/c1-9(2)10-4-5-13-12(6-10)16-14(18(13)3)7-11(17(20)21)8-15(16)19/h4-6,9,11H,7-8H2,1-3H3,(H,20,21). The van der Waals surface area contributed by atoms with E-state index in [0.29, 0.717) is 12.3 Å². The molecule has 1 aliphatic rings. The molecule has 1 unspecified atom stereocenters. The Hall–Kier alpha value is -2.10. The molecule has 0 spiro atoms. The van der Waals surface area contributed by atoms with Crippen LogP contribution in [0.25, 0.3) is 10.9 Å². The quantitative estimate of drug-likeness (QED) is 0.922. The van der Waals surface area contributed by atoms with Crippen molar-refractivity contribution in [2.24, 2.45) is 13.0 Å². The lowest BCUT2D eigenvalue weighted by Crippen LogP contribution is -2.27. The second-order valence-corrected chi connectivity index (χ2v) is 6.18. The zero-order valence-corrected chi connectivity index (χ0v) is 12.5. The molecule has 4 nitrogen and oxygen atoms in total. The van der Waals surface area contributed by atoms with E-state index in [2.05, 4.69) is 26.0 Å². The van der Waals surface area contributed by atoms with E-state index < -0.39 is 11.9 Å². The molecule has 0 saturated carbocycles. The van der Waals surface area contributed by atoms with Gasteiger partial charge in [0.05, 0.1) is 5.92 Å². The van der Waals surface area contributed by atoms with E-state index in [9.17, 15) is 14.7 Å². The van der Waals surface area contributed by atoms with Crippen LogP contribution in [0.15, 0.2) is 18.2 Å². The third-order valence-corrected chi connectivity index (χ3v) is 4.51. The Kier molecular flexibility index (Phi) is 3.12. The number of hydrogen-bond acceptors (Lipinski definition) is 2. The summed E-state index contributed by atoms with van der Waals surface area (Å²) in [6.07, 6.45) is 0.534. The number of carboxylic acid groups (broad SMARTS) is 1. The molecule has 3 rings (SSSR count). The van der Waals surface area contributed by atoms with Gasteiger partial charge < -0.3 is 9.67 Å². The summed E-state index contributed by atoms with van der Waals surface area (Å²) in [5.41, 5.74) is 3.79. The molecule has 1 aromatic carbocycles. The molecule has 0 amide bonds. The smallest absolute Gasteiger partial charge is 0.307 e. The van der Waals surface area contributed by atoms with Crippen LogP contribution < -0.4 is 0 Å². The summed E-state index contributed by atoms with van der Waals surface area (Å²) in [4.78, 5) is 23.7. The van der Waals surface area contributed by atoms with Gasteiger partial charge in [-0.3, -0.25) is 9.59 Å². The Labute approximate surface area is 123 Å². The molecule has 1 heterocycles. The van der Waals surface area contributed by atoms with E-state index >= 15 is 0 Å². The Morgan fingerprint density at radius 1 is 1.33 bits per heavy atom. The number of Topliss-reactive ketones (excluding diaryl/α,β-unsaturated/α-hetero) is 1. The molecule has 1 N–H and O–H groups in total. The Balaban J connectivity index is 2.24. The van der Waals surface area contributed by atoms with Crippen LogP contribution in [0, 0.1) is 5.92 Å². The minimum atomic E-state index is -0.887. The number of ketones is 1. The number of aryl methyl sites for hydroxylation is 1. The van der Waals surface area contributed by atoms with Gasteiger partial charge in [0.25, 0.3) is 0 Å². The van der Waals surface area contributed by atoms with Gasteiger partial charge in [0.1, 0.15) is 0 Å². The van der Waals surface area contributed by atoms with Crippen LogP contribution in [-0.2, 0) is 18.3 Å². The van der Waals surface area contributed by atoms with Gasteiger partial charge in [-0.25, -0.2) is 0 Å². The Morgan fingerprint density at radius 3 is 2.67 bits per heavy atom. The van der Waals surface area contributed by atoms with Gasteiger partial charge in [-0.1, -0.05) is 19.9 Å². The van der Waals surface area contributed by atoms with Crippen molar-refractivity contribution in [1.82, 2.24) is 4.57 Å². The molecule has 0 saturated heterocycles. The number of benzene rings is 1. The Morgan fingerprint density at radius 2 is 2.05 bits per heavy atom. The summed E-state index contributed by atoms with van der Waals surface area (Å²) >= 11 is 0. The molecule has 1 aromatic heterocycles. The maximum Gasteiger partial charge on any atom is 0.307 e. The van der Waals surface area contributed by atoms with E-state index in [0.717, 1.165) is 22.2 Å². The average Bonchev–Trinajstić information content (AvgIpc) is 2.72. The lowest BCUT2D eigenvalue weighted by molar-refractivity contribution is -0.141. The highest BCUT2D eigenvalue weighted by Gasteiger charge is 2.33. The monoisotopic (exact) mass is 285 g/mol. The predicted octanol–water partition coefficient (Wildman–Crippen LogP) is 3.13. The summed E-state index contributed by atoms with van der Waals surface area (Å²) < 4.78 is 1.97. The summed E-state index contributed by atoms with van der Waals surface area (Å²) in [5, 5.41) is 10.2. The molecule has 0 radical (unpaired) electrons. The fraction of sp³-hybridized carbons (Fsp3) is 0.412. The second kappa shape index (κ2) is 4.72. The molecule has 4 heteroatoms. The number of aliphatic carboxylic acids is 1. The minimum absolute atomic E-state index is 0.0462. The first-order chi connectivity index (χ1) is 9.90. The molecule has 21 heavy (non-hydrogen) atoms. The number of carboxylic acids is 1. The molecule has 1 atom stereocenters. The van der Waals surface area contributed by atoms with Crippen LogP contribution in [0.2, 0.25) is 0 Å². The fourth-order valence-electron chi connectivity index (χ4n) is 3.23. The number of carbonyl (C=O) groups is 2. The normalized spacial score (nSPS) is 18.3. The van der Waals surface area contributed by atoms with Crippen molar-refractivity contribution < 1.29 is 14.7 Å². The van der Waals surface area contributed by atoms with Crippen LogP contribution in [0.1, 0.15) is 47.8 Å². The lowest BCUT2D eigenvalue weighted by Gasteiger charge is -2.19. The topological polar surface area (TPSA) is 59.3 Å². The number of hydrogen-bond donors (Lipinski definition) is 1. The number of rotatable bonds is 2. The number of aromatic nitrogens is 1. The van der Waals surface area contributed by atoms with Gasteiger partial charge in [-0.05, 0) is 23.6 Å². The van der Waals surface area contributed by atoms with Crippen molar-refractivity contribution in [3.05, 3.63) is 35.0 Å². The van der Waals surface area contributed by atoms with Crippen molar-refractivity contribution in [3.8, 4) is 0 Å². The van der Waals surface area contributed by atoms with Crippen LogP contribution in [0.3, 0.4) is 0 Å². The van der Waals surface area contributed by atoms with E-state index in [-0.39, 0.29) is 12.2 Å². The van der Waals surface area contributed by atoms with Gasteiger partial charge in [0, 0.05) is 42.0 Å². The van der Waals surface area contributed by atoms with E-state index in [1.165, 1.54) is 5.56 Å². The number of fused-ring (bicyclic) bond motifs is 3. The number of carbonyl (C=O) groups excluding carboxylic acids is 1. The molecule has 110 valence electrons. The van der Waals surface area contributed by atoms with Crippen molar-refractivity contribution in [2.75, 3.05) is 0 Å². The first-order valence-electron chi connectivity index (χ1n) is 7.27. The molecule has 1 aliphatic carbocycles. The SMILES string of the molecule is CC(C)c1ccc2c(c1)c1c(n2C)CC(C(=O)O)CC1=O. The van der Waals surface area contributed by atoms with Crippen molar-refractivity contribution in [2.45, 2.75) is 32.6 Å². The van der Waals surface area contributed by atoms with E-state index in [1.807, 2.05) is 17.7 Å². The maximum absolute atomic E-state index is 12.4. The second-order valence-electron chi connectivity index (χ2n) is 6.18. The van der Waals surface area contributed by atoms with Gasteiger partial charge >= 0.3 is 5.97 Å². The minimum Gasteiger partial charge on any atom is -0.481 e. The highest BCUT2D eigenvalue weighted by Crippen LogP contribution is 2.35. The van der Waals surface area contributed by atoms with Gasteiger partial charge in [0.2, 0.25) is 0 Å². The zero-order chi connectivity index (χ0) is 15.3. The molecule has 2 aromatic rings. The van der Waals surface area contributed by atoms with E-state index in [1.54, 1.807) is 0 Å². The lowest BCUT2D eigenvalue weighted by atomic mass is 9.85. The predicted molar refractivity (Wildman–Crippen MR) is 80.8 cm³/mol. The number of nitrogens with zero attached hydrogens (tertiary/aromatic N) is 1. The van der Waals surface area contributed by atoms with E-state index in [4.69, 9.17) is 0 Å². The van der Waals surface area contributed by atoms with Gasteiger partial charge in [0.15, 0.2) is 5.78 Å². The molecule has 0 aliphatic heterocycles. The summed E-state index contributed by atoms with van der Waals surface area (Å²) in [7, 11) is 1.91. The Bertz CT molecular complexity index is 755. The first-order valence-corrected chi connectivity index (χ1v) is 7.27. The summed E-state index contributed by atoms with van der Waals surface area (Å²) in [6, 6.07) is 6.20. The zero-order valence-electron chi connectivity index (χ0n) is 12.5. The maximum atomic E-state index is 12.4. The highest BCUT2D eigenvalue weighted by atomic mass is 16.4. The van der Waals surface area contributed by atoms with Crippen molar-refractivity contribution in [1.29, 1.82) is 0 Å². The van der Waals surface area contributed by atoms with Crippen molar-refractivity contribution >= 4 is 22.7 Å². The first kappa shape index (κ1) is 13.9. The summed E-state index contributed by atoms with van der Waals surface area (Å²) in [5.74, 6) is -1.13. The largest absolute Gasteiger partial charge is 0.481 e. The van der Waals surface area contributed by atoms with Crippen LogP contribution >= 0.6 is 0 Å². The third-order valence-electron chi connectivity index (χ3n) is 4.51. The highest BCUT2D eigenvalue weighted by molar-refractivity contribution is 6.11. The summed E-state index contributed by atoms with van der Waals surface area (Å²) in [6.45, 7) is 4.25. The molecule has 0 bridgehead atoms. The van der Waals surface area contributed by atoms with Crippen molar-refractivity contribution in [3.63, 3.8) is 0 Å². The third kappa shape index (κ3) is 2.06. The van der Waals surface area contributed by atoms with Crippen LogP contribution in [0.5, 0.6) is 0 Å².